The van der Waals surface area contributed by atoms with E-state index in [2.05, 4.69) is 34.4 Å². The molecule has 3 N–H and O–H groups in total. The van der Waals surface area contributed by atoms with E-state index in [0.717, 1.165) is 24.1 Å². The molecule has 3 fully saturated rings. The van der Waals surface area contributed by atoms with Gasteiger partial charge in [-0.2, -0.15) is 0 Å². The molecule has 6 atom stereocenters. The van der Waals surface area contributed by atoms with E-state index in [1.165, 1.54) is 12.3 Å². The van der Waals surface area contributed by atoms with Crippen LogP contribution < -0.4 is 10.6 Å². The lowest BCUT2D eigenvalue weighted by atomic mass is 9.54. The fourth-order valence-electron chi connectivity index (χ4n) is 6.98. The number of carbonyl (C=O) groups is 1. The van der Waals surface area contributed by atoms with Gasteiger partial charge in [0.05, 0.1) is 17.1 Å². The van der Waals surface area contributed by atoms with Gasteiger partial charge in [0.1, 0.15) is 17.4 Å². The van der Waals surface area contributed by atoms with Crippen molar-refractivity contribution in [1.82, 2.24) is 15.3 Å². The molecule has 33 heavy (non-hydrogen) atoms. The van der Waals surface area contributed by atoms with E-state index in [9.17, 15) is 9.90 Å². The number of nitrogens with zero attached hydrogens (tertiary/aromatic N) is 2. The third-order valence-corrected chi connectivity index (χ3v) is 8.72. The molecule has 0 amide bonds. The minimum absolute atomic E-state index is 0.0283. The summed E-state index contributed by atoms with van der Waals surface area (Å²) in [6, 6.07) is 2.18. The van der Waals surface area contributed by atoms with Gasteiger partial charge < -0.3 is 15.2 Å². The van der Waals surface area contributed by atoms with Gasteiger partial charge in [-0.1, -0.05) is 37.0 Å². The lowest BCUT2D eigenvalue weighted by Crippen LogP contribution is -2.63. The summed E-state index contributed by atoms with van der Waals surface area (Å²) < 4.78 is 22.1. The van der Waals surface area contributed by atoms with Crippen molar-refractivity contribution >= 4 is 34.9 Å². The third kappa shape index (κ3) is 2.61. The van der Waals surface area contributed by atoms with Crippen LogP contribution in [-0.4, -0.2) is 45.0 Å². The quantitative estimate of drug-likeness (QED) is 0.543. The Morgan fingerprint density at radius 2 is 2.09 bits per heavy atom. The smallest absolute Gasteiger partial charge is 0.321 e. The van der Waals surface area contributed by atoms with E-state index in [0.29, 0.717) is 11.6 Å². The molecule has 1 saturated carbocycles. The predicted molar refractivity (Wildman–Crippen MR) is 120 cm³/mol. The fourth-order valence-corrected chi connectivity index (χ4v) is 7.31. The summed E-state index contributed by atoms with van der Waals surface area (Å²) in [5.74, 6) is -2.58. The number of hydrogen-bond donors (Lipinski definition) is 3. The van der Waals surface area contributed by atoms with Crippen molar-refractivity contribution in [3.63, 3.8) is 0 Å². The normalized spacial score (nSPS) is 37.6. The molecule has 5 heterocycles. The van der Waals surface area contributed by atoms with Gasteiger partial charge in [0.2, 0.25) is 0 Å². The first kappa shape index (κ1) is 21.5. The van der Waals surface area contributed by atoms with E-state index in [1.54, 1.807) is 12.3 Å². The van der Waals surface area contributed by atoms with Crippen LogP contribution in [0.3, 0.4) is 0 Å². The van der Waals surface area contributed by atoms with Crippen molar-refractivity contribution in [2.24, 2.45) is 5.41 Å². The predicted octanol–water partition coefficient (Wildman–Crippen LogP) is 4.10. The Bertz CT molecular complexity index is 1200. The van der Waals surface area contributed by atoms with E-state index < -0.39 is 40.9 Å². The van der Waals surface area contributed by atoms with Crippen LogP contribution in [0.1, 0.15) is 50.2 Å². The van der Waals surface area contributed by atoms with Crippen molar-refractivity contribution < 1.29 is 19.0 Å². The summed E-state index contributed by atoms with van der Waals surface area (Å²) >= 11 is 12.3. The molecule has 7 nitrogen and oxygen atoms in total. The van der Waals surface area contributed by atoms with E-state index >= 15 is 4.39 Å². The van der Waals surface area contributed by atoms with Gasteiger partial charge in [0.25, 0.3) is 0 Å². The second-order valence-corrected chi connectivity index (χ2v) is 11.1. The SMILES string of the molecule is CC1(C)CCC23N[C@@H](C(=O)O)[C@H](c4ccnc(Cl)c4F)[C@]24c2cnc(Cl)cc2NC4OC3C1. The highest BCUT2D eigenvalue weighted by molar-refractivity contribution is 6.30. The van der Waals surface area contributed by atoms with Gasteiger partial charge in [-0.25, -0.2) is 14.4 Å². The van der Waals surface area contributed by atoms with Crippen LogP contribution in [0.15, 0.2) is 24.5 Å². The van der Waals surface area contributed by atoms with Crippen LogP contribution in [0, 0.1) is 11.2 Å². The van der Waals surface area contributed by atoms with Crippen molar-refractivity contribution in [2.75, 3.05) is 5.32 Å². The molecule has 0 bridgehead atoms. The molecule has 2 aromatic heterocycles. The fraction of sp³-hybridized carbons (Fsp3) is 0.522. The molecule has 6 rings (SSSR count). The summed E-state index contributed by atoms with van der Waals surface area (Å²) in [4.78, 5) is 20.8. The third-order valence-electron chi connectivity index (χ3n) is 8.25. The molecule has 3 unspecified atom stereocenters. The minimum atomic E-state index is -1.06. The second kappa shape index (κ2) is 6.78. The maximum absolute atomic E-state index is 15.5. The van der Waals surface area contributed by atoms with Gasteiger partial charge in [-0.15, -0.1) is 0 Å². The molecule has 2 spiro atoms. The van der Waals surface area contributed by atoms with E-state index in [4.69, 9.17) is 27.9 Å². The Morgan fingerprint density at radius 1 is 1.30 bits per heavy atom. The first-order valence-electron chi connectivity index (χ1n) is 11.0. The maximum atomic E-state index is 15.5. The Balaban J connectivity index is 1.67. The van der Waals surface area contributed by atoms with Crippen LogP contribution in [0.5, 0.6) is 0 Å². The summed E-state index contributed by atoms with van der Waals surface area (Å²) in [5.41, 5.74) is 0.0665. The first-order valence-corrected chi connectivity index (χ1v) is 11.7. The molecule has 4 aliphatic rings. The number of halogens is 3. The number of hydrogen-bond acceptors (Lipinski definition) is 6. The highest BCUT2D eigenvalue weighted by Crippen LogP contribution is 2.69. The number of fused-ring (bicyclic) bond motifs is 1. The maximum Gasteiger partial charge on any atom is 0.321 e. The standard InChI is InChI=1S/C23H23Cl2FN4O3/c1-21(2)4-5-22-13(8-21)33-20-23(22,11-9-28-14(24)7-12(11)29-20)15(17(30-22)19(31)32)10-3-6-27-18(25)16(10)26/h3,6-7,9,13,15,17,20,29-30H,4-5,8H2,1-2H3,(H,31,32)/t13?,15-,17+,20?,22?,23-/m0/s1. The van der Waals surface area contributed by atoms with Gasteiger partial charge in [0.15, 0.2) is 11.0 Å². The van der Waals surface area contributed by atoms with Crippen LogP contribution in [0.2, 0.25) is 10.3 Å². The molecule has 174 valence electrons. The molecule has 0 radical (unpaired) electrons. The topological polar surface area (TPSA) is 96.4 Å². The molecule has 2 saturated heterocycles. The molecule has 1 aliphatic carbocycles. The number of aromatic nitrogens is 2. The zero-order valence-corrected chi connectivity index (χ0v) is 19.5. The number of ether oxygens (including phenoxy) is 1. The van der Waals surface area contributed by atoms with Crippen molar-refractivity contribution in [3.8, 4) is 0 Å². The van der Waals surface area contributed by atoms with E-state index in [-0.39, 0.29) is 22.2 Å². The molecular formula is C23H23Cl2FN4O3. The first-order chi connectivity index (χ1) is 15.6. The van der Waals surface area contributed by atoms with Crippen LogP contribution in [0.25, 0.3) is 0 Å². The lowest BCUT2D eigenvalue weighted by molar-refractivity contribution is -0.140. The molecule has 10 heteroatoms. The minimum Gasteiger partial charge on any atom is -0.480 e. The summed E-state index contributed by atoms with van der Waals surface area (Å²) in [6.45, 7) is 4.38. The highest BCUT2D eigenvalue weighted by atomic mass is 35.5. The van der Waals surface area contributed by atoms with Crippen molar-refractivity contribution in [3.05, 3.63) is 51.8 Å². The molecule has 3 aliphatic heterocycles. The Labute approximate surface area is 200 Å². The summed E-state index contributed by atoms with van der Waals surface area (Å²) in [5, 5.41) is 17.2. The number of pyridine rings is 2. The number of nitrogens with one attached hydrogen (secondary N) is 2. The van der Waals surface area contributed by atoms with Gasteiger partial charge in [0, 0.05) is 29.6 Å². The zero-order chi connectivity index (χ0) is 23.3. The van der Waals surface area contributed by atoms with Gasteiger partial charge >= 0.3 is 5.97 Å². The summed E-state index contributed by atoms with van der Waals surface area (Å²) in [7, 11) is 0. The van der Waals surface area contributed by atoms with Crippen LogP contribution >= 0.6 is 23.2 Å². The molecular weight excluding hydrogens is 470 g/mol. The zero-order valence-electron chi connectivity index (χ0n) is 18.0. The number of aliphatic carboxylic acids is 1. The Kier molecular flexibility index (Phi) is 4.42. The van der Waals surface area contributed by atoms with Crippen LogP contribution in [0.4, 0.5) is 10.1 Å². The van der Waals surface area contributed by atoms with Crippen molar-refractivity contribution in [1.29, 1.82) is 0 Å². The number of carboxylic acid groups (broad SMARTS) is 1. The lowest BCUT2D eigenvalue weighted by Gasteiger charge is -2.49. The highest BCUT2D eigenvalue weighted by Gasteiger charge is 2.79. The second-order valence-electron chi connectivity index (χ2n) is 10.4. The van der Waals surface area contributed by atoms with E-state index in [1.807, 2.05) is 0 Å². The summed E-state index contributed by atoms with van der Waals surface area (Å²) in [6.07, 6.45) is 4.52. The van der Waals surface area contributed by atoms with Gasteiger partial charge in [-0.3, -0.25) is 10.1 Å². The average Bonchev–Trinajstić information content (AvgIpc) is 3.30. The van der Waals surface area contributed by atoms with Gasteiger partial charge in [-0.05, 0) is 42.4 Å². The van der Waals surface area contributed by atoms with Crippen molar-refractivity contribution in [2.45, 2.75) is 68.4 Å². The largest absolute Gasteiger partial charge is 0.480 e. The Hall–Kier alpha value is -2.00. The van der Waals surface area contributed by atoms with Crippen LogP contribution in [-0.2, 0) is 14.9 Å². The molecule has 0 aromatic carbocycles. The molecule has 2 aromatic rings. The number of rotatable bonds is 2. The average molecular weight is 493 g/mol. The Morgan fingerprint density at radius 3 is 2.85 bits per heavy atom. The number of anilines is 1. The number of carboxylic acids is 1. The monoisotopic (exact) mass is 492 g/mol.